The van der Waals surface area contributed by atoms with Gasteiger partial charge in [0, 0.05) is 19.6 Å². The van der Waals surface area contributed by atoms with E-state index in [1.165, 1.54) is 14.2 Å². The summed E-state index contributed by atoms with van der Waals surface area (Å²) in [7, 11) is 4.35. The highest BCUT2D eigenvalue weighted by Gasteiger charge is 2.99. The zero-order chi connectivity index (χ0) is 17.8. The summed E-state index contributed by atoms with van der Waals surface area (Å²) in [5.41, 5.74) is 3.23. The van der Waals surface area contributed by atoms with Crippen LogP contribution in [-0.2, 0) is 14.9 Å². The van der Waals surface area contributed by atoms with Gasteiger partial charge in [-0.15, -0.1) is 0 Å². The summed E-state index contributed by atoms with van der Waals surface area (Å²) in [6.45, 7) is 1.82. The van der Waals surface area contributed by atoms with E-state index in [-0.39, 0.29) is 5.84 Å². The molecule has 0 aromatic heterocycles. The van der Waals surface area contributed by atoms with E-state index in [4.69, 9.17) is 19.9 Å². The molecule has 0 radical (unpaired) electrons. The molecule has 3 rings (SSSR count). The van der Waals surface area contributed by atoms with Crippen molar-refractivity contribution in [2.75, 3.05) is 21.3 Å². The molecule has 0 spiro atoms. The lowest BCUT2D eigenvalue weighted by Gasteiger charge is -2.32. The second-order valence-corrected chi connectivity index (χ2v) is 6.06. The summed E-state index contributed by atoms with van der Waals surface area (Å²) in [5.74, 6) is -0.902. The largest absolute Gasteiger partial charge is 0.497 e. The van der Waals surface area contributed by atoms with E-state index in [2.05, 4.69) is 17.1 Å². The van der Waals surface area contributed by atoms with E-state index in [0.717, 1.165) is 5.56 Å². The van der Waals surface area contributed by atoms with E-state index in [1.54, 1.807) is 19.2 Å². The molecule has 1 aromatic carbocycles. The molecule has 2 N–H and O–H groups in total. The summed E-state index contributed by atoms with van der Waals surface area (Å²) in [6, 6.07) is 11.7. The van der Waals surface area contributed by atoms with Gasteiger partial charge in [0.1, 0.15) is 11.6 Å². The number of rotatable bonds is 4. The Bertz CT molecular complexity index is 803. The topological polar surface area (TPSA) is 114 Å². The maximum atomic E-state index is 10.1. The Labute approximate surface area is 140 Å². The Hall–Kier alpha value is -2.61. The fourth-order valence-electron chi connectivity index (χ4n) is 4.40. The van der Waals surface area contributed by atoms with Crippen LogP contribution in [0, 0.1) is 33.5 Å². The molecule has 1 saturated carbocycles. The van der Waals surface area contributed by atoms with E-state index >= 15 is 0 Å². The van der Waals surface area contributed by atoms with Crippen LogP contribution in [0.25, 0.3) is 0 Å². The summed E-state index contributed by atoms with van der Waals surface area (Å²) >= 11 is 0. The first-order valence-corrected chi connectivity index (χ1v) is 7.34. The lowest BCUT2D eigenvalue weighted by Crippen LogP contribution is -2.44. The van der Waals surface area contributed by atoms with Gasteiger partial charge in [-0.3, -0.25) is 0 Å². The van der Waals surface area contributed by atoms with E-state index in [0.29, 0.717) is 5.75 Å². The zero-order valence-electron chi connectivity index (χ0n) is 14.0. The summed E-state index contributed by atoms with van der Waals surface area (Å²) < 4.78 is 16.1. The Morgan fingerprint density at radius 3 is 2.04 bits per heavy atom. The van der Waals surface area contributed by atoms with E-state index < -0.39 is 22.2 Å². The second-order valence-electron chi connectivity index (χ2n) is 6.06. The molecule has 24 heavy (non-hydrogen) atoms. The lowest BCUT2D eigenvalue weighted by atomic mass is 9.84. The molecule has 7 heteroatoms. The summed E-state index contributed by atoms with van der Waals surface area (Å²) in [6.07, 6.45) is 0. The Morgan fingerprint density at radius 2 is 1.62 bits per heavy atom. The van der Waals surface area contributed by atoms with Crippen molar-refractivity contribution in [2.45, 2.75) is 18.2 Å². The minimum Gasteiger partial charge on any atom is -0.497 e. The minimum absolute atomic E-state index is 0.0496. The number of hydrogen-bond acceptors (Lipinski definition) is 7. The number of aliphatic imine (C=N–C) groups is 1. The second kappa shape index (κ2) is 4.70. The minimum atomic E-state index is -1.63. The molecule has 3 atom stereocenters. The molecule has 124 valence electrons. The first kappa shape index (κ1) is 16.3. The number of benzene rings is 1. The number of hydrogen-bond donors (Lipinski definition) is 1. The third kappa shape index (κ3) is 1.25. The van der Waals surface area contributed by atoms with Gasteiger partial charge in [0.25, 0.3) is 5.91 Å². The SMILES string of the molecule is COc1ccc([C@@]2(C)[C@]3(C#N)C(N)=NC(OC)(OC)[C@@]32C#N)cc1. The van der Waals surface area contributed by atoms with Crippen LogP contribution in [0.4, 0.5) is 0 Å². The van der Waals surface area contributed by atoms with Crippen LogP contribution >= 0.6 is 0 Å². The maximum Gasteiger partial charge on any atom is 0.293 e. The molecule has 1 aromatic rings. The fraction of sp³-hybridized carbons (Fsp3) is 0.471. The number of nitriles is 2. The van der Waals surface area contributed by atoms with Gasteiger partial charge in [0.05, 0.1) is 19.2 Å². The average molecular weight is 326 g/mol. The quantitative estimate of drug-likeness (QED) is 0.834. The smallest absolute Gasteiger partial charge is 0.293 e. The van der Waals surface area contributed by atoms with Gasteiger partial charge in [-0.1, -0.05) is 19.1 Å². The van der Waals surface area contributed by atoms with Crippen LogP contribution in [0.3, 0.4) is 0 Å². The molecule has 1 aliphatic carbocycles. The molecule has 1 fully saturated rings. The molecule has 1 aliphatic heterocycles. The van der Waals surface area contributed by atoms with Gasteiger partial charge in [-0.05, 0) is 17.7 Å². The average Bonchev–Trinajstić information content (AvgIpc) is 3.04. The van der Waals surface area contributed by atoms with Crippen molar-refractivity contribution in [3.63, 3.8) is 0 Å². The third-order valence-electron chi connectivity index (χ3n) is 5.68. The standard InChI is InChI=1S/C17H18N4O3/c1-14(11-5-7-12(22-2)8-6-11)15(9-18)13(20)21-17(23-3,24-4)16(14,15)10-19/h5-8H,1-4H3,(H2,20,21)/t14-,15-,16+/m0/s1. The number of nitrogens with two attached hydrogens (primary N) is 1. The first-order valence-electron chi connectivity index (χ1n) is 7.34. The fourth-order valence-corrected chi connectivity index (χ4v) is 4.40. The van der Waals surface area contributed by atoms with Crippen LogP contribution in [0.2, 0.25) is 0 Å². The molecule has 1 heterocycles. The predicted octanol–water partition coefficient (Wildman–Crippen LogP) is 1.30. The van der Waals surface area contributed by atoms with Crippen LogP contribution in [0.5, 0.6) is 5.75 Å². The normalized spacial score (nSPS) is 35.3. The van der Waals surface area contributed by atoms with Crippen molar-refractivity contribution in [1.29, 1.82) is 10.5 Å². The van der Waals surface area contributed by atoms with Gasteiger partial charge in [-0.25, -0.2) is 4.99 Å². The van der Waals surface area contributed by atoms with Crippen LogP contribution < -0.4 is 10.5 Å². The van der Waals surface area contributed by atoms with Gasteiger partial charge >= 0.3 is 0 Å². The third-order valence-corrected chi connectivity index (χ3v) is 5.68. The number of nitrogens with zero attached hydrogens (tertiary/aromatic N) is 3. The monoisotopic (exact) mass is 326 g/mol. The number of ether oxygens (including phenoxy) is 3. The van der Waals surface area contributed by atoms with Crippen molar-refractivity contribution in [3.05, 3.63) is 29.8 Å². The summed E-state index contributed by atoms with van der Waals surface area (Å²) in [5, 5.41) is 20.0. The van der Waals surface area contributed by atoms with Gasteiger partial charge in [-0.2, -0.15) is 10.5 Å². The molecule has 2 aliphatic rings. The van der Waals surface area contributed by atoms with Crippen molar-refractivity contribution in [3.8, 4) is 17.9 Å². The number of fused-ring (bicyclic) bond motifs is 1. The zero-order valence-corrected chi connectivity index (χ0v) is 14.0. The number of methoxy groups -OCH3 is 3. The molecule has 7 nitrogen and oxygen atoms in total. The van der Waals surface area contributed by atoms with Gasteiger partial charge < -0.3 is 19.9 Å². The molecular formula is C17H18N4O3. The highest BCUT2D eigenvalue weighted by atomic mass is 16.7. The lowest BCUT2D eigenvalue weighted by molar-refractivity contribution is -0.233. The molecule has 0 unspecified atom stereocenters. The maximum absolute atomic E-state index is 10.1. The molecule has 0 bridgehead atoms. The molecular weight excluding hydrogens is 308 g/mol. The van der Waals surface area contributed by atoms with Crippen molar-refractivity contribution < 1.29 is 14.2 Å². The van der Waals surface area contributed by atoms with E-state index in [9.17, 15) is 10.5 Å². The highest BCUT2D eigenvalue weighted by molar-refractivity contribution is 6.02. The highest BCUT2D eigenvalue weighted by Crippen LogP contribution is 2.85. The predicted molar refractivity (Wildman–Crippen MR) is 84.8 cm³/mol. The van der Waals surface area contributed by atoms with Crippen molar-refractivity contribution in [1.82, 2.24) is 0 Å². The first-order chi connectivity index (χ1) is 11.4. The summed E-state index contributed by atoms with van der Waals surface area (Å²) in [4.78, 5) is 4.21. The molecule has 0 saturated heterocycles. The van der Waals surface area contributed by atoms with Crippen molar-refractivity contribution in [2.24, 2.45) is 21.6 Å². The van der Waals surface area contributed by atoms with Crippen LogP contribution in [0.15, 0.2) is 29.3 Å². The van der Waals surface area contributed by atoms with Gasteiger partial charge in [0.2, 0.25) is 0 Å². The number of amidine groups is 1. The van der Waals surface area contributed by atoms with E-state index in [1.807, 2.05) is 19.1 Å². The van der Waals surface area contributed by atoms with Crippen LogP contribution in [0.1, 0.15) is 12.5 Å². The Kier molecular flexibility index (Phi) is 3.18. The van der Waals surface area contributed by atoms with Gasteiger partial charge in [0.15, 0.2) is 10.8 Å². The molecule has 0 amide bonds. The van der Waals surface area contributed by atoms with Crippen LogP contribution in [-0.4, -0.2) is 33.1 Å². The Morgan fingerprint density at radius 1 is 1.04 bits per heavy atom. The Balaban J connectivity index is 2.28. The van der Waals surface area contributed by atoms with Crippen molar-refractivity contribution >= 4 is 5.84 Å².